The largest absolute Gasteiger partial charge is 0.423 e. The maximum atomic E-state index is 11.9. The lowest BCUT2D eigenvalue weighted by Crippen LogP contribution is -2.66. The van der Waals surface area contributed by atoms with Crippen LogP contribution in [0.1, 0.15) is 37.8 Å². The van der Waals surface area contributed by atoms with Gasteiger partial charge < -0.3 is 14.4 Å². The van der Waals surface area contributed by atoms with Crippen molar-refractivity contribution in [3.8, 4) is 6.07 Å². The Balaban J connectivity index is 1.38. The quantitative estimate of drug-likeness (QED) is 0.777. The molecule has 3 aliphatic rings. The summed E-state index contributed by atoms with van der Waals surface area (Å²) in [7, 11) is 0. The van der Waals surface area contributed by atoms with E-state index in [2.05, 4.69) is 17.0 Å². The van der Waals surface area contributed by atoms with E-state index in [4.69, 9.17) is 14.5 Å². The lowest BCUT2D eigenvalue weighted by Gasteiger charge is -2.52. The number of aromatic nitrogens is 1. The number of piperidine rings is 1. The summed E-state index contributed by atoms with van der Waals surface area (Å²) in [5.41, 5.74) is 3.17. The average molecular weight is 404 g/mol. The molecule has 7 heteroatoms. The number of nitriles is 1. The van der Waals surface area contributed by atoms with Gasteiger partial charge in [-0.3, -0.25) is 4.90 Å². The first-order valence-electron chi connectivity index (χ1n) is 10.4. The Morgan fingerprint density at radius 3 is 2.67 bits per heavy atom. The molecule has 1 aromatic carbocycles. The summed E-state index contributed by atoms with van der Waals surface area (Å²) in [6, 6.07) is 10.5. The van der Waals surface area contributed by atoms with Gasteiger partial charge in [0.1, 0.15) is 5.82 Å². The SMILES string of the molecule is CC1(C)OC(=O)N1C1CCN(c2cc(C#N)c3cc(C4=CCOC4)ccc3n2)CC1. The molecule has 0 spiro atoms. The Morgan fingerprint density at radius 1 is 1.23 bits per heavy atom. The third-order valence-electron chi connectivity index (χ3n) is 6.26. The number of rotatable bonds is 3. The lowest BCUT2D eigenvalue weighted by molar-refractivity contribution is -0.181. The molecule has 0 bridgehead atoms. The van der Waals surface area contributed by atoms with E-state index in [0.29, 0.717) is 18.8 Å². The molecule has 2 aromatic rings. The van der Waals surface area contributed by atoms with Crippen LogP contribution in [0.2, 0.25) is 0 Å². The smallest absolute Gasteiger partial charge is 0.415 e. The van der Waals surface area contributed by atoms with Crippen molar-refractivity contribution in [2.75, 3.05) is 31.2 Å². The number of nitrogens with zero attached hydrogens (tertiary/aromatic N) is 4. The number of carbonyl (C=O) groups is 1. The highest BCUT2D eigenvalue weighted by molar-refractivity contribution is 5.90. The topological polar surface area (TPSA) is 78.7 Å². The molecule has 7 nitrogen and oxygen atoms in total. The number of cyclic esters (lactones) is 1. The molecule has 0 unspecified atom stereocenters. The van der Waals surface area contributed by atoms with Crippen molar-refractivity contribution < 1.29 is 14.3 Å². The van der Waals surface area contributed by atoms with Crippen molar-refractivity contribution in [3.63, 3.8) is 0 Å². The van der Waals surface area contributed by atoms with E-state index in [1.54, 1.807) is 0 Å². The Morgan fingerprint density at radius 2 is 2.03 bits per heavy atom. The van der Waals surface area contributed by atoms with Crippen LogP contribution in [-0.4, -0.2) is 54.0 Å². The van der Waals surface area contributed by atoms with Crippen molar-refractivity contribution in [1.29, 1.82) is 5.26 Å². The van der Waals surface area contributed by atoms with Gasteiger partial charge in [0.25, 0.3) is 0 Å². The van der Waals surface area contributed by atoms with Gasteiger partial charge in [0.15, 0.2) is 5.72 Å². The zero-order chi connectivity index (χ0) is 20.9. The normalized spacial score (nSPS) is 21.2. The third kappa shape index (κ3) is 3.08. The number of hydrogen-bond acceptors (Lipinski definition) is 6. The fourth-order valence-corrected chi connectivity index (χ4v) is 4.69. The molecule has 154 valence electrons. The average Bonchev–Trinajstić information content (AvgIpc) is 3.27. The third-order valence-corrected chi connectivity index (χ3v) is 6.26. The second-order valence-electron chi connectivity index (χ2n) is 8.52. The van der Waals surface area contributed by atoms with E-state index in [9.17, 15) is 10.1 Å². The van der Waals surface area contributed by atoms with E-state index in [-0.39, 0.29) is 12.1 Å². The first-order chi connectivity index (χ1) is 14.5. The highest BCUT2D eigenvalue weighted by atomic mass is 16.6. The van der Waals surface area contributed by atoms with Crippen LogP contribution in [0.5, 0.6) is 0 Å². The number of ether oxygens (including phenoxy) is 2. The van der Waals surface area contributed by atoms with Crippen molar-refractivity contribution in [1.82, 2.24) is 9.88 Å². The predicted octanol–water partition coefficient (Wildman–Crippen LogP) is 3.68. The molecule has 4 heterocycles. The molecule has 1 amide bonds. The number of benzene rings is 1. The van der Waals surface area contributed by atoms with Crippen LogP contribution in [0.25, 0.3) is 16.5 Å². The zero-order valence-corrected chi connectivity index (χ0v) is 17.2. The van der Waals surface area contributed by atoms with Crippen LogP contribution in [0, 0.1) is 11.3 Å². The first-order valence-corrected chi connectivity index (χ1v) is 10.4. The Kier molecular flexibility index (Phi) is 4.40. The monoisotopic (exact) mass is 404 g/mol. The van der Waals surface area contributed by atoms with Gasteiger partial charge >= 0.3 is 6.09 Å². The molecule has 1 aromatic heterocycles. The van der Waals surface area contributed by atoms with Gasteiger partial charge in [0.05, 0.1) is 30.4 Å². The van der Waals surface area contributed by atoms with Crippen LogP contribution in [-0.2, 0) is 9.47 Å². The van der Waals surface area contributed by atoms with E-state index in [1.165, 1.54) is 0 Å². The maximum absolute atomic E-state index is 11.9. The molecule has 30 heavy (non-hydrogen) atoms. The lowest BCUT2D eigenvalue weighted by atomic mass is 9.99. The molecular weight excluding hydrogens is 380 g/mol. The fraction of sp³-hybridized carbons (Fsp3) is 0.435. The molecule has 5 rings (SSSR count). The standard InChI is InChI=1S/C23H24N4O3/c1-23(2)27(22(28)30-23)18-5-8-26(9-6-18)21-12-17(13-24)19-11-15(3-4-20(19)25-21)16-7-10-29-14-16/h3-4,7,11-12,18H,5-6,8-10,14H2,1-2H3. The molecule has 3 aliphatic heterocycles. The summed E-state index contributed by atoms with van der Waals surface area (Å²) in [6.07, 6.45) is 3.56. The number of anilines is 1. The summed E-state index contributed by atoms with van der Waals surface area (Å²) >= 11 is 0. The van der Waals surface area contributed by atoms with Gasteiger partial charge in [-0.1, -0.05) is 12.1 Å². The van der Waals surface area contributed by atoms with Gasteiger partial charge in [-0.05, 0) is 56.0 Å². The van der Waals surface area contributed by atoms with Crippen LogP contribution in [0.15, 0.2) is 30.3 Å². The minimum atomic E-state index is -0.517. The van der Waals surface area contributed by atoms with Crippen LogP contribution < -0.4 is 4.90 Å². The van der Waals surface area contributed by atoms with E-state index in [1.807, 2.05) is 43.0 Å². The van der Waals surface area contributed by atoms with Crippen molar-refractivity contribution in [3.05, 3.63) is 41.5 Å². The summed E-state index contributed by atoms with van der Waals surface area (Å²) in [4.78, 5) is 20.8. The summed E-state index contributed by atoms with van der Waals surface area (Å²) in [5.74, 6) is 0.819. The van der Waals surface area contributed by atoms with Gasteiger partial charge in [-0.25, -0.2) is 9.78 Å². The Bertz CT molecular complexity index is 1090. The molecule has 0 aliphatic carbocycles. The van der Waals surface area contributed by atoms with Gasteiger partial charge in [0, 0.05) is 24.5 Å². The molecule has 0 radical (unpaired) electrons. The molecule has 0 N–H and O–H groups in total. The highest BCUT2D eigenvalue weighted by Crippen LogP contribution is 2.35. The molecule has 2 fully saturated rings. The Labute approximate surface area is 175 Å². The number of hydrogen-bond donors (Lipinski definition) is 0. The van der Waals surface area contributed by atoms with E-state index < -0.39 is 5.72 Å². The van der Waals surface area contributed by atoms with Gasteiger partial charge in [-0.15, -0.1) is 0 Å². The van der Waals surface area contributed by atoms with Gasteiger partial charge in [-0.2, -0.15) is 5.26 Å². The fourth-order valence-electron chi connectivity index (χ4n) is 4.69. The van der Waals surface area contributed by atoms with Crippen LogP contribution in [0.4, 0.5) is 10.6 Å². The summed E-state index contributed by atoms with van der Waals surface area (Å²) < 4.78 is 10.7. The molecule has 0 atom stereocenters. The summed E-state index contributed by atoms with van der Waals surface area (Å²) in [6.45, 7) is 6.67. The minimum absolute atomic E-state index is 0.179. The summed E-state index contributed by atoms with van der Waals surface area (Å²) in [5, 5.41) is 10.6. The van der Waals surface area contributed by atoms with Crippen molar-refractivity contribution >= 4 is 28.4 Å². The van der Waals surface area contributed by atoms with Crippen LogP contribution >= 0.6 is 0 Å². The van der Waals surface area contributed by atoms with Crippen LogP contribution in [0.3, 0.4) is 0 Å². The number of pyridine rings is 1. The highest BCUT2D eigenvalue weighted by Gasteiger charge is 2.50. The minimum Gasteiger partial charge on any atom is -0.423 e. The van der Waals surface area contributed by atoms with E-state index >= 15 is 0 Å². The predicted molar refractivity (Wildman–Crippen MR) is 113 cm³/mol. The van der Waals surface area contributed by atoms with Gasteiger partial charge in [0.2, 0.25) is 0 Å². The second-order valence-corrected chi connectivity index (χ2v) is 8.52. The number of carbonyl (C=O) groups excluding carboxylic acids is 1. The number of fused-ring (bicyclic) bond motifs is 1. The molecular formula is C23H24N4O3. The van der Waals surface area contributed by atoms with Crippen molar-refractivity contribution in [2.24, 2.45) is 0 Å². The maximum Gasteiger partial charge on any atom is 0.415 e. The molecule has 2 saturated heterocycles. The van der Waals surface area contributed by atoms with Crippen molar-refractivity contribution in [2.45, 2.75) is 38.5 Å². The Hall–Kier alpha value is -3.11. The second kappa shape index (κ2) is 6.99. The first kappa shape index (κ1) is 18.9. The number of amides is 1. The molecule has 0 saturated carbocycles. The van der Waals surface area contributed by atoms with E-state index in [0.717, 1.165) is 53.8 Å². The zero-order valence-electron chi connectivity index (χ0n) is 17.2.